The Morgan fingerprint density at radius 3 is 2.42 bits per heavy atom. The number of nitrogens with zero attached hydrogens (tertiary/aromatic N) is 1. The van der Waals surface area contributed by atoms with E-state index in [1.165, 1.54) is 5.56 Å². The maximum absolute atomic E-state index is 12.2. The molecule has 1 aliphatic heterocycles. The summed E-state index contributed by atoms with van der Waals surface area (Å²) in [4.78, 5) is 26.1. The fourth-order valence-electron chi connectivity index (χ4n) is 2.65. The highest BCUT2D eigenvalue weighted by molar-refractivity contribution is 5.96. The van der Waals surface area contributed by atoms with Crippen molar-refractivity contribution in [2.45, 2.75) is 39.2 Å². The Bertz CT molecular complexity index is 567. The van der Waals surface area contributed by atoms with Crippen molar-refractivity contribution in [3.63, 3.8) is 0 Å². The number of hydrogen-bond acceptors (Lipinski definition) is 3. The topological polar surface area (TPSA) is 61.4 Å². The van der Waals surface area contributed by atoms with E-state index >= 15 is 0 Å². The minimum atomic E-state index is -0.206. The smallest absolute Gasteiger partial charge is 0.251 e. The lowest BCUT2D eigenvalue weighted by Gasteiger charge is -2.31. The first-order valence-electron chi connectivity index (χ1n) is 8.17. The summed E-state index contributed by atoms with van der Waals surface area (Å²) in [5.41, 5.74) is 1.82. The summed E-state index contributed by atoms with van der Waals surface area (Å²) in [5.74, 6) is -0.236. The molecule has 1 aromatic rings. The maximum Gasteiger partial charge on any atom is 0.251 e. The maximum atomic E-state index is 12.2. The number of piperazine rings is 1. The average Bonchev–Trinajstić information content (AvgIpc) is 2.51. The molecule has 1 aliphatic rings. The van der Waals surface area contributed by atoms with E-state index in [1.807, 2.05) is 24.3 Å². The molecule has 1 fully saturated rings. The van der Waals surface area contributed by atoms with Gasteiger partial charge >= 0.3 is 0 Å². The molecule has 0 saturated carbocycles. The Morgan fingerprint density at radius 1 is 1.25 bits per heavy atom. The van der Waals surface area contributed by atoms with Crippen LogP contribution in [-0.2, 0) is 10.2 Å². The molecule has 1 atom stereocenters. The number of nitrogens with one attached hydrogen (secondary N) is 2. The summed E-state index contributed by atoms with van der Waals surface area (Å²) in [6.07, 6.45) is 0. The van der Waals surface area contributed by atoms with E-state index < -0.39 is 0 Å². The average molecular weight is 354 g/mol. The Hall–Kier alpha value is -1.59. The summed E-state index contributed by atoms with van der Waals surface area (Å²) < 4.78 is 0. The Balaban J connectivity index is 0.00000288. The molecule has 2 N–H and O–H groups in total. The molecular formula is C18H28ClN3O2. The first kappa shape index (κ1) is 20.5. The van der Waals surface area contributed by atoms with Crippen LogP contribution in [-0.4, -0.2) is 48.9 Å². The van der Waals surface area contributed by atoms with Crippen molar-refractivity contribution in [3.8, 4) is 0 Å². The highest BCUT2D eigenvalue weighted by Crippen LogP contribution is 2.22. The molecule has 0 unspecified atom stereocenters. The SMILES string of the molecule is C[C@@H]1CN(C(=O)CNC(=O)c2ccc(C(C)(C)C)cc2)CCN1.Cl. The second-order valence-electron chi connectivity index (χ2n) is 7.20. The van der Waals surface area contributed by atoms with Crippen LogP contribution in [0.5, 0.6) is 0 Å². The van der Waals surface area contributed by atoms with Crippen LogP contribution in [0.4, 0.5) is 0 Å². The van der Waals surface area contributed by atoms with Gasteiger partial charge in [-0.15, -0.1) is 12.4 Å². The van der Waals surface area contributed by atoms with Crippen LogP contribution in [0.1, 0.15) is 43.6 Å². The number of halogens is 1. The number of carbonyl (C=O) groups is 2. The molecule has 2 rings (SSSR count). The molecule has 24 heavy (non-hydrogen) atoms. The van der Waals surface area contributed by atoms with Crippen molar-refractivity contribution >= 4 is 24.2 Å². The van der Waals surface area contributed by atoms with Crippen molar-refractivity contribution in [3.05, 3.63) is 35.4 Å². The minimum absolute atomic E-state index is 0. The molecule has 2 amide bonds. The summed E-state index contributed by atoms with van der Waals surface area (Å²) in [6.45, 7) is 10.7. The molecule has 0 aromatic heterocycles. The van der Waals surface area contributed by atoms with Gasteiger partial charge in [-0.2, -0.15) is 0 Å². The van der Waals surface area contributed by atoms with Crippen molar-refractivity contribution in [2.24, 2.45) is 0 Å². The second-order valence-corrected chi connectivity index (χ2v) is 7.20. The number of amides is 2. The van der Waals surface area contributed by atoms with E-state index in [4.69, 9.17) is 0 Å². The van der Waals surface area contributed by atoms with Crippen LogP contribution in [0, 0.1) is 0 Å². The zero-order valence-electron chi connectivity index (χ0n) is 14.9. The van der Waals surface area contributed by atoms with Crippen LogP contribution in [0.15, 0.2) is 24.3 Å². The van der Waals surface area contributed by atoms with Gasteiger partial charge in [0.25, 0.3) is 5.91 Å². The zero-order chi connectivity index (χ0) is 17.0. The van der Waals surface area contributed by atoms with Gasteiger partial charge in [0.05, 0.1) is 6.54 Å². The Morgan fingerprint density at radius 2 is 1.88 bits per heavy atom. The highest BCUT2D eigenvalue weighted by atomic mass is 35.5. The molecule has 1 aromatic carbocycles. The van der Waals surface area contributed by atoms with Gasteiger partial charge < -0.3 is 15.5 Å². The summed E-state index contributed by atoms with van der Waals surface area (Å²) in [7, 11) is 0. The van der Waals surface area contributed by atoms with Crippen LogP contribution in [0.3, 0.4) is 0 Å². The first-order chi connectivity index (χ1) is 10.8. The van der Waals surface area contributed by atoms with E-state index in [2.05, 4.69) is 38.3 Å². The molecule has 0 spiro atoms. The summed E-state index contributed by atoms with van der Waals surface area (Å²) >= 11 is 0. The molecular weight excluding hydrogens is 326 g/mol. The van der Waals surface area contributed by atoms with E-state index in [1.54, 1.807) is 4.90 Å². The van der Waals surface area contributed by atoms with Gasteiger partial charge in [0.2, 0.25) is 5.91 Å². The molecule has 1 saturated heterocycles. The molecule has 6 heteroatoms. The van der Waals surface area contributed by atoms with Crippen molar-refractivity contribution in [1.29, 1.82) is 0 Å². The van der Waals surface area contributed by atoms with Crippen molar-refractivity contribution in [1.82, 2.24) is 15.5 Å². The van der Waals surface area contributed by atoms with Gasteiger partial charge in [-0.1, -0.05) is 32.9 Å². The predicted octanol–water partition coefficient (Wildman–Crippen LogP) is 1.96. The number of hydrogen-bond donors (Lipinski definition) is 2. The highest BCUT2D eigenvalue weighted by Gasteiger charge is 2.21. The third-order valence-corrected chi connectivity index (χ3v) is 4.13. The van der Waals surface area contributed by atoms with E-state index in [0.29, 0.717) is 24.7 Å². The number of rotatable bonds is 3. The van der Waals surface area contributed by atoms with Crippen molar-refractivity contribution in [2.75, 3.05) is 26.2 Å². The van der Waals surface area contributed by atoms with Crippen LogP contribution < -0.4 is 10.6 Å². The lowest BCUT2D eigenvalue weighted by molar-refractivity contribution is -0.131. The predicted molar refractivity (Wildman–Crippen MR) is 98.8 cm³/mol. The lowest BCUT2D eigenvalue weighted by atomic mass is 9.87. The third kappa shape index (κ3) is 5.49. The normalized spacial score (nSPS) is 17.8. The van der Waals surface area contributed by atoms with E-state index in [0.717, 1.165) is 6.54 Å². The fourth-order valence-corrected chi connectivity index (χ4v) is 2.65. The number of benzene rings is 1. The quantitative estimate of drug-likeness (QED) is 0.873. The molecule has 0 bridgehead atoms. The van der Waals surface area contributed by atoms with Gasteiger partial charge in [0.15, 0.2) is 0 Å². The minimum Gasteiger partial charge on any atom is -0.343 e. The van der Waals surface area contributed by atoms with Gasteiger partial charge in [-0.3, -0.25) is 9.59 Å². The zero-order valence-corrected chi connectivity index (χ0v) is 15.7. The van der Waals surface area contributed by atoms with Crippen LogP contribution in [0.25, 0.3) is 0 Å². The lowest BCUT2D eigenvalue weighted by Crippen LogP contribution is -2.53. The number of carbonyl (C=O) groups excluding carboxylic acids is 2. The van der Waals surface area contributed by atoms with Crippen LogP contribution in [0.2, 0.25) is 0 Å². The molecule has 0 radical (unpaired) electrons. The molecule has 1 heterocycles. The third-order valence-electron chi connectivity index (χ3n) is 4.13. The van der Waals surface area contributed by atoms with E-state index in [-0.39, 0.29) is 36.2 Å². The monoisotopic (exact) mass is 353 g/mol. The Kier molecular flexibility index (Phi) is 7.24. The fraction of sp³-hybridized carbons (Fsp3) is 0.556. The largest absolute Gasteiger partial charge is 0.343 e. The molecule has 5 nitrogen and oxygen atoms in total. The van der Waals surface area contributed by atoms with Crippen molar-refractivity contribution < 1.29 is 9.59 Å². The second kappa shape index (κ2) is 8.49. The summed E-state index contributed by atoms with van der Waals surface area (Å²) in [6, 6.07) is 7.86. The molecule has 134 valence electrons. The van der Waals surface area contributed by atoms with Gasteiger partial charge in [-0.05, 0) is 30.0 Å². The standard InChI is InChI=1S/C18H27N3O2.ClH/c1-13-12-21(10-9-19-13)16(22)11-20-17(23)14-5-7-15(8-6-14)18(2,3)4;/h5-8,13,19H,9-12H2,1-4H3,(H,20,23);1H/t13-;/m1./s1. The summed E-state index contributed by atoms with van der Waals surface area (Å²) in [5, 5.41) is 6.01. The van der Waals surface area contributed by atoms with E-state index in [9.17, 15) is 9.59 Å². The van der Waals surface area contributed by atoms with Gasteiger partial charge in [0.1, 0.15) is 0 Å². The van der Waals surface area contributed by atoms with Gasteiger partial charge in [-0.25, -0.2) is 0 Å². The van der Waals surface area contributed by atoms with Crippen LogP contribution >= 0.6 is 12.4 Å². The van der Waals surface area contributed by atoms with Gasteiger partial charge in [0, 0.05) is 31.2 Å². The Labute approximate surface area is 150 Å². The molecule has 0 aliphatic carbocycles. The first-order valence-corrected chi connectivity index (χ1v) is 8.17.